The largest absolute Gasteiger partial charge is 0.310 e. The Labute approximate surface area is 133 Å². The van der Waals surface area contributed by atoms with Crippen molar-refractivity contribution in [2.24, 2.45) is 17.8 Å². The molecule has 2 fully saturated rings. The summed E-state index contributed by atoms with van der Waals surface area (Å²) in [5.74, 6) is 2.55. The highest BCUT2D eigenvalue weighted by atomic mass is 79.9. The first kappa shape index (κ1) is 15.0. The van der Waals surface area contributed by atoms with Gasteiger partial charge in [0.2, 0.25) is 0 Å². The second-order valence-electron chi connectivity index (χ2n) is 6.54. The van der Waals surface area contributed by atoms with Gasteiger partial charge in [-0.15, -0.1) is 0 Å². The van der Waals surface area contributed by atoms with Crippen molar-refractivity contribution >= 4 is 21.6 Å². The van der Waals surface area contributed by atoms with Crippen LogP contribution in [0, 0.1) is 27.9 Å². The maximum absolute atomic E-state index is 11.1. The van der Waals surface area contributed by atoms with Crippen molar-refractivity contribution in [3.05, 3.63) is 38.3 Å². The SMILES string of the molecule is CC(NCc1cc(Br)ccc1[N+](=O)[O-])C1CC2CCC1C2. The van der Waals surface area contributed by atoms with Crippen LogP contribution in [-0.2, 0) is 6.54 Å². The van der Waals surface area contributed by atoms with Crippen LogP contribution in [0.3, 0.4) is 0 Å². The van der Waals surface area contributed by atoms with E-state index >= 15 is 0 Å². The van der Waals surface area contributed by atoms with Crippen LogP contribution in [0.4, 0.5) is 5.69 Å². The summed E-state index contributed by atoms with van der Waals surface area (Å²) in [7, 11) is 0. The molecule has 114 valence electrons. The van der Waals surface area contributed by atoms with Crippen LogP contribution in [0.2, 0.25) is 0 Å². The Balaban J connectivity index is 1.64. The van der Waals surface area contributed by atoms with E-state index in [0.29, 0.717) is 12.6 Å². The number of benzene rings is 1. The number of nitro benzene ring substituents is 1. The van der Waals surface area contributed by atoms with Gasteiger partial charge < -0.3 is 5.32 Å². The lowest BCUT2D eigenvalue weighted by molar-refractivity contribution is -0.385. The Morgan fingerprint density at radius 2 is 2.24 bits per heavy atom. The third-order valence-electron chi connectivity index (χ3n) is 5.29. The van der Waals surface area contributed by atoms with Gasteiger partial charge in [0.05, 0.1) is 4.92 Å². The third kappa shape index (κ3) is 3.14. The second kappa shape index (κ2) is 6.05. The fourth-order valence-electron chi connectivity index (χ4n) is 4.20. The second-order valence-corrected chi connectivity index (χ2v) is 7.45. The van der Waals surface area contributed by atoms with Gasteiger partial charge in [-0.2, -0.15) is 0 Å². The Bertz CT molecular complexity index is 549. The lowest BCUT2D eigenvalue weighted by atomic mass is 9.84. The average Bonchev–Trinajstić information content (AvgIpc) is 3.07. The summed E-state index contributed by atoms with van der Waals surface area (Å²) in [6.07, 6.45) is 5.51. The fourth-order valence-corrected chi connectivity index (χ4v) is 4.61. The number of rotatable bonds is 5. The molecular weight excluding hydrogens is 332 g/mol. The van der Waals surface area contributed by atoms with E-state index in [4.69, 9.17) is 0 Å². The summed E-state index contributed by atoms with van der Waals surface area (Å²) in [5, 5.41) is 14.6. The lowest BCUT2D eigenvalue weighted by Crippen LogP contribution is -2.36. The van der Waals surface area contributed by atoms with Crippen LogP contribution in [0.25, 0.3) is 0 Å². The highest BCUT2D eigenvalue weighted by Gasteiger charge is 2.41. The minimum atomic E-state index is -0.300. The van der Waals surface area contributed by atoms with Gasteiger partial charge in [0, 0.05) is 28.7 Å². The first-order chi connectivity index (χ1) is 10.0. The first-order valence-corrected chi connectivity index (χ1v) is 8.50. The molecule has 1 aromatic carbocycles. The molecule has 4 unspecified atom stereocenters. The van der Waals surface area contributed by atoms with E-state index in [1.165, 1.54) is 25.7 Å². The molecule has 2 saturated carbocycles. The zero-order valence-corrected chi connectivity index (χ0v) is 13.8. The van der Waals surface area contributed by atoms with Crippen molar-refractivity contribution in [1.82, 2.24) is 5.32 Å². The Morgan fingerprint density at radius 3 is 2.86 bits per heavy atom. The minimum absolute atomic E-state index is 0.200. The highest BCUT2D eigenvalue weighted by molar-refractivity contribution is 9.10. The van der Waals surface area contributed by atoms with Crippen molar-refractivity contribution in [1.29, 1.82) is 0 Å². The molecule has 0 spiro atoms. The van der Waals surface area contributed by atoms with Crippen LogP contribution >= 0.6 is 15.9 Å². The van der Waals surface area contributed by atoms with E-state index in [1.807, 2.05) is 6.07 Å². The van der Waals surface area contributed by atoms with Gasteiger partial charge in [0.25, 0.3) is 5.69 Å². The van der Waals surface area contributed by atoms with Gasteiger partial charge >= 0.3 is 0 Å². The monoisotopic (exact) mass is 352 g/mol. The van der Waals surface area contributed by atoms with Crippen LogP contribution < -0.4 is 5.32 Å². The topological polar surface area (TPSA) is 55.2 Å². The van der Waals surface area contributed by atoms with Crippen molar-refractivity contribution in [3.8, 4) is 0 Å². The average molecular weight is 353 g/mol. The predicted molar refractivity (Wildman–Crippen MR) is 86.0 cm³/mol. The van der Waals surface area contributed by atoms with Gasteiger partial charge in [-0.1, -0.05) is 22.4 Å². The van der Waals surface area contributed by atoms with Gasteiger partial charge in [0.15, 0.2) is 0 Å². The van der Waals surface area contributed by atoms with Crippen LogP contribution in [0.15, 0.2) is 22.7 Å². The summed E-state index contributed by atoms with van der Waals surface area (Å²) in [6, 6.07) is 5.57. The van der Waals surface area contributed by atoms with E-state index in [2.05, 4.69) is 28.2 Å². The van der Waals surface area contributed by atoms with Crippen LogP contribution in [0.1, 0.15) is 38.2 Å². The maximum Gasteiger partial charge on any atom is 0.273 e. The van der Waals surface area contributed by atoms with Crippen LogP contribution in [-0.4, -0.2) is 11.0 Å². The molecule has 2 aliphatic carbocycles. The lowest BCUT2D eigenvalue weighted by Gasteiger charge is -2.28. The molecule has 1 N–H and O–H groups in total. The minimum Gasteiger partial charge on any atom is -0.310 e. The van der Waals surface area contributed by atoms with Crippen LogP contribution in [0.5, 0.6) is 0 Å². The molecule has 0 aromatic heterocycles. The van der Waals surface area contributed by atoms with E-state index < -0.39 is 0 Å². The van der Waals surface area contributed by atoms with Crippen molar-refractivity contribution in [2.75, 3.05) is 0 Å². The molecule has 4 nitrogen and oxygen atoms in total. The van der Waals surface area contributed by atoms with Gasteiger partial charge in [0.1, 0.15) is 0 Å². The molecule has 0 amide bonds. The summed E-state index contributed by atoms with van der Waals surface area (Å²) < 4.78 is 0.887. The molecule has 1 aromatic rings. The molecule has 3 rings (SSSR count). The van der Waals surface area contributed by atoms with E-state index in [9.17, 15) is 10.1 Å². The molecule has 2 aliphatic rings. The van der Waals surface area contributed by atoms with Gasteiger partial charge in [-0.25, -0.2) is 0 Å². The molecule has 2 bridgehead atoms. The number of halogens is 1. The molecule has 0 aliphatic heterocycles. The van der Waals surface area contributed by atoms with E-state index in [1.54, 1.807) is 12.1 Å². The number of nitro groups is 1. The van der Waals surface area contributed by atoms with Crippen molar-refractivity contribution in [2.45, 2.75) is 45.2 Å². The molecule has 5 heteroatoms. The highest BCUT2D eigenvalue weighted by Crippen LogP contribution is 2.49. The van der Waals surface area contributed by atoms with Crippen molar-refractivity contribution < 1.29 is 4.92 Å². The zero-order valence-electron chi connectivity index (χ0n) is 12.2. The van der Waals surface area contributed by atoms with Gasteiger partial charge in [-0.05, 0) is 56.1 Å². The zero-order chi connectivity index (χ0) is 15.0. The number of hydrogen-bond acceptors (Lipinski definition) is 3. The normalized spacial score (nSPS) is 28.8. The maximum atomic E-state index is 11.1. The molecule has 0 heterocycles. The molecule has 4 atom stereocenters. The van der Waals surface area contributed by atoms with Crippen molar-refractivity contribution in [3.63, 3.8) is 0 Å². The standard InChI is InChI=1S/C16H21BrN2O2/c1-10(15-7-11-2-3-12(15)6-11)18-9-13-8-14(17)4-5-16(13)19(20)21/h4-5,8,10-12,15,18H,2-3,6-7,9H2,1H3. The molecule has 21 heavy (non-hydrogen) atoms. The quantitative estimate of drug-likeness (QED) is 0.635. The third-order valence-corrected chi connectivity index (χ3v) is 5.78. The fraction of sp³-hybridized carbons (Fsp3) is 0.625. The summed E-state index contributed by atoms with van der Waals surface area (Å²) >= 11 is 3.39. The number of hydrogen-bond donors (Lipinski definition) is 1. The van der Waals surface area contributed by atoms with E-state index in [-0.39, 0.29) is 10.6 Å². The first-order valence-electron chi connectivity index (χ1n) is 7.71. The smallest absolute Gasteiger partial charge is 0.273 e. The Morgan fingerprint density at radius 1 is 1.43 bits per heavy atom. The Hall–Kier alpha value is -0.940. The molecule has 0 saturated heterocycles. The summed E-state index contributed by atoms with van der Waals surface area (Å²) in [5.41, 5.74) is 0.954. The van der Waals surface area contributed by atoms with Gasteiger partial charge in [-0.3, -0.25) is 10.1 Å². The molecular formula is C16H21BrN2O2. The predicted octanol–water partition coefficient (Wildman–Crippen LogP) is 4.27. The number of fused-ring (bicyclic) bond motifs is 2. The number of nitrogens with one attached hydrogen (secondary N) is 1. The number of nitrogens with zero attached hydrogens (tertiary/aromatic N) is 1. The van der Waals surface area contributed by atoms with E-state index in [0.717, 1.165) is 27.8 Å². The summed E-state index contributed by atoms with van der Waals surface area (Å²) in [4.78, 5) is 10.8. The Kier molecular flexibility index (Phi) is 4.31. The summed E-state index contributed by atoms with van der Waals surface area (Å²) in [6.45, 7) is 2.79. The molecule has 0 radical (unpaired) electrons.